The first kappa shape index (κ1) is 16.5. The Labute approximate surface area is 150 Å². The van der Waals surface area contributed by atoms with Gasteiger partial charge in [-0.15, -0.1) is 10.2 Å². The van der Waals surface area contributed by atoms with Crippen molar-refractivity contribution in [3.05, 3.63) is 30.6 Å². The molecule has 3 amide bonds. The van der Waals surface area contributed by atoms with Gasteiger partial charge in [0.1, 0.15) is 0 Å². The zero-order valence-electron chi connectivity index (χ0n) is 14.4. The summed E-state index contributed by atoms with van der Waals surface area (Å²) in [6.45, 7) is 2.99. The number of nitrogens with one attached hydrogen (secondary N) is 1. The van der Waals surface area contributed by atoms with Gasteiger partial charge >= 0.3 is 6.03 Å². The molecule has 2 aromatic rings. The van der Waals surface area contributed by atoms with Crippen molar-refractivity contribution < 1.29 is 9.59 Å². The molecule has 0 aliphatic carbocycles. The Kier molecular flexibility index (Phi) is 4.25. The third kappa shape index (κ3) is 3.10. The number of urea groups is 1. The van der Waals surface area contributed by atoms with Gasteiger partial charge in [-0.05, 0) is 18.2 Å². The molecule has 1 N–H and O–H groups in total. The quantitative estimate of drug-likeness (QED) is 0.805. The summed E-state index contributed by atoms with van der Waals surface area (Å²) in [6, 6.07) is 5.31. The molecule has 136 valence electrons. The number of carbonyl (C=O) groups excluding carboxylic acids is 2. The largest absolute Gasteiger partial charge is 0.353 e. The van der Waals surface area contributed by atoms with Crippen molar-refractivity contribution in [2.24, 2.45) is 0 Å². The van der Waals surface area contributed by atoms with Crippen molar-refractivity contribution in [2.45, 2.75) is 12.6 Å². The van der Waals surface area contributed by atoms with Crippen LogP contribution >= 0.6 is 0 Å². The molecule has 1 atom stereocenters. The van der Waals surface area contributed by atoms with E-state index in [-0.39, 0.29) is 18.1 Å². The number of amides is 3. The summed E-state index contributed by atoms with van der Waals surface area (Å²) >= 11 is 0. The SMILES string of the molecule is CN1C(=O)CC(N2CCN(c3ccc(-n4cccn4)nn3)CC2)NC1=O. The summed E-state index contributed by atoms with van der Waals surface area (Å²) in [5.41, 5.74) is 0. The lowest BCUT2D eigenvalue weighted by molar-refractivity contribution is -0.130. The van der Waals surface area contributed by atoms with E-state index in [1.54, 1.807) is 10.9 Å². The molecule has 0 saturated carbocycles. The summed E-state index contributed by atoms with van der Waals surface area (Å²) in [4.78, 5) is 29.1. The molecule has 0 aromatic carbocycles. The van der Waals surface area contributed by atoms with Gasteiger partial charge in [-0.1, -0.05) is 0 Å². The van der Waals surface area contributed by atoms with Crippen molar-refractivity contribution in [3.8, 4) is 5.82 Å². The molecule has 0 radical (unpaired) electrons. The van der Waals surface area contributed by atoms with Gasteiger partial charge in [-0.3, -0.25) is 14.6 Å². The van der Waals surface area contributed by atoms with Crippen LogP contribution in [0.15, 0.2) is 30.6 Å². The predicted molar refractivity (Wildman–Crippen MR) is 92.6 cm³/mol. The molecule has 0 spiro atoms. The third-order valence-corrected chi connectivity index (χ3v) is 4.79. The topological polar surface area (TPSA) is 99.5 Å². The van der Waals surface area contributed by atoms with Crippen LogP contribution in [0.3, 0.4) is 0 Å². The molecule has 10 nitrogen and oxygen atoms in total. The molecule has 0 bridgehead atoms. The minimum absolute atomic E-state index is 0.152. The summed E-state index contributed by atoms with van der Waals surface area (Å²) in [6.07, 6.45) is 3.59. The van der Waals surface area contributed by atoms with Gasteiger partial charge in [-0.25, -0.2) is 9.48 Å². The second kappa shape index (κ2) is 6.71. The molecule has 4 heterocycles. The predicted octanol–water partition coefficient (Wildman–Crippen LogP) is -0.318. The number of rotatable bonds is 3. The van der Waals surface area contributed by atoms with E-state index in [0.29, 0.717) is 12.2 Å². The van der Waals surface area contributed by atoms with Crippen molar-refractivity contribution >= 4 is 17.8 Å². The lowest BCUT2D eigenvalue weighted by atomic mass is 10.2. The smallest absolute Gasteiger partial charge is 0.325 e. The van der Waals surface area contributed by atoms with E-state index in [4.69, 9.17) is 0 Å². The Morgan fingerprint density at radius 3 is 2.42 bits per heavy atom. The van der Waals surface area contributed by atoms with E-state index in [1.165, 1.54) is 7.05 Å². The fraction of sp³-hybridized carbons (Fsp3) is 0.438. The van der Waals surface area contributed by atoms with E-state index in [9.17, 15) is 9.59 Å². The van der Waals surface area contributed by atoms with E-state index in [2.05, 4.69) is 30.4 Å². The number of carbonyl (C=O) groups is 2. The third-order valence-electron chi connectivity index (χ3n) is 4.79. The number of hydrogen-bond acceptors (Lipinski definition) is 7. The first-order chi connectivity index (χ1) is 12.6. The number of aromatic nitrogens is 4. The number of anilines is 1. The maximum absolute atomic E-state index is 11.9. The Balaban J connectivity index is 1.36. The second-order valence-electron chi connectivity index (χ2n) is 6.35. The van der Waals surface area contributed by atoms with Crippen LogP contribution in [-0.2, 0) is 4.79 Å². The van der Waals surface area contributed by atoms with Crippen LogP contribution in [0.1, 0.15) is 6.42 Å². The summed E-state index contributed by atoms with van der Waals surface area (Å²) < 4.78 is 1.66. The lowest BCUT2D eigenvalue weighted by Gasteiger charge is -2.41. The maximum atomic E-state index is 11.9. The maximum Gasteiger partial charge on any atom is 0.325 e. The number of nitrogens with zero attached hydrogens (tertiary/aromatic N) is 7. The minimum Gasteiger partial charge on any atom is -0.353 e. The van der Waals surface area contributed by atoms with E-state index < -0.39 is 0 Å². The van der Waals surface area contributed by atoms with Crippen molar-refractivity contribution in [2.75, 3.05) is 38.1 Å². The van der Waals surface area contributed by atoms with Gasteiger partial charge in [0.15, 0.2) is 11.6 Å². The van der Waals surface area contributed by atoms with Gasteiger partial charge in [-0.2, -0.15) is 5.10 Å². The van der Waals surface area contributed by atoms with Crippen LogP contribution in [0.4, 0.5) is 10.6 Å². The highest BCUT2D eigenvalue weighted by molar-refractivity contribution is 5.96. The highest BCUT2D eigenvalue weighted by Gasteiger charge is 2.34. The number of piperazine rings is 1. The van der Waals surface area contributed by atoms with Gasteiger partial charge < -0.3 is 10.2 Å². The molecule has 2 aliphatic rings. The summed E-state index contributed by atoms with van der Waals surface area (Å²) in [7, 11) is 1.50. The molecule has 26 heavy (non-hydrogen) atoms. The van der Waals surface area contributed by atoms with Crippen LogP contribution in [0, 0.1) is 0 Å². The van der Waals surface area contributed by atoms with Gasteiger partial charge in [0.2, 0.25) is 5.91 Å². The van der Waals surface area contributed by atoms with Gasteiger partial charge in [0.05, 0.1) is 12.6 Å². The molecule has 2 saturated heterocycles. The van der Waals surface area contributed by atoms with E-state index >= 15 is 0 Å². The summed E-state index contributed by atoms with van der Waals surface area (Å²) in [5.74, 6) is 1.33. The van der Waals surface area contributed by atoms with Crippen molar-refractivity contribution in [1.29, 1.82) is 0 Å². The normalized spacial score (nSPS) is 21.8. The molecule has 1 unspecified atom stereocenters. The van der Waals surface area contributed by atoms with Crippen LogP contribution in [0.5, 0.6) is 0 Å². The van der Waals surface area contributed by atoms with Crippen LogP contribution < -0.4 is 10.2 Å². The lowest BCUT2D eigenvalue weighted by Crippen LogP contribution is -2.62. The molecule has 2 aliphatic heterocycles. The van der Waals surface area contributed by atoms with Crippen molar-refractivity contribution in [3.63, 3.8) is 0 Å². The first-order valence-electron chi connectivity index (χ1n) is 8.51. The van der Waals surface area contributed by atoms with Gasteiger partial charge in [0.25, 0.3) is 0 Å². The van der Waals surface area contributed by atoms with Crippen LogP contribution in [-0.4, -0.2) is 81.1 Å². The Morgan fingerprint density at radius 1 is 1.08 bits per heavy atom. The number of imide groups is 1. The standard InChI is InChI=1S/C16H20N8O2/c1-21-15(25)11-14(18-16(21)26)23-9-7-22(8-10-23)12-3-4-13(20-19-12)24-6-2-5-17-24/h2-6,14H,7-11H2,1H3,(H,18,26). The molecule has 4 rings (SSSR count). The highest BCUT2D eigenvalue weighted by atomic mass is 16.2. The fourth-order valence-electron chi connectivity index (χ4n) is 3.20. The second-order valence-corrected chi connectivity index (χ2v) is 6.35. The van der Waals surface area contributed by atoms with Gasteiger partial charge in [0, 0.05) is 45.6 Å². The van der Waals surface area contributed by atoms with Crippen LogP contribution in [0.2, 0.25) is 0 Å². The fourth-order valence-corrected chi connectivity index (χ4v) is 3.20. The molecule has 2 aromatic heterocycles. The Morgan fingerprint density at radius 2 is 1.81 bits per heavy atom. The molecule has 10 heteroatoms. The zero-order chi connectivity index (χ0) is 18.1. The monoisotopic (exact) mass is 356 g/mol. The Hall–Kier alpha value is -3.01. The van der Waals surface area contributed by atoms with E-state index in [1.807, 2.05) is 24.4 Å². The average Bonchev–Trinajstić information content (AvgIpc) is 3.21. The molecule has 2 fully saturated rings. The first-order valence-corrected chi connectivity index (χ1v) is 8.51. The van der Waals surface area contributed by atoms with Crippen molar-refractivity contribution in [1.82, 2.24) is 35.1 Å². The minimum atomic E-state index is -0.339. The average molecular weight is 356 g/mol. The number of hydrogen-bond donors (Lipinski definition) is 1. The Bertz CT molecular complexity index is 765. The molecular weight excluding hydrogens is 336 g/mol. The summed E-state index contributed by atoms with van der Waals surface area (Å²) in [5, 5.41) is 15.5. The van der Waals surface area contributed by atoms with Crippen LogP contribution in [0.25, 0.3) is 5.82 Å². The zero-order valence-corrected chi connectivity index (χ0v) is 14.4. The molecular formula is C16H20N8O2. The van der Waals surface area contributed by atoms with E-state index in [0.717, 1.165) is 36.9 Å². The highest BCUT2D eigenvalue weighted by Crippen LogP contribution is 2.17.